The lowest BCUT2D eigenvalue weighted by atomic mass is 9.48. The summed E-state index contributed by atoms with van der Waals surface area (Å²) in [6.45, 7) is 0.732. The molecule has 0 aromatic rings. The Kier molecular flexibility index (Phi) is 5.42. The first kappa shape index (κ1) is 21.9. The monoisotopic (exact) mass is 437 g/mol. The zero-order valence-electron chi connectivity index (χ0n) is 16.3. The summed E-state index contributed by atoms with van der Waals surface area (Å²) in [5.41, 5.74) is -2.05. The van der Waals surface area contributed by atoms with Crippen LogP contribution in [-0.4, -0.2) is 50.1 Å². The Labute approximate surface area is 167 Å². The zero-order chi connectivity index (χ0) is 21.7. The van der Waals surface area contributed by atoms with Crippen molar-refractivity contribution in [3.05, 3.63) is 0 Å². The molecule has 4 fully saturated rings. The van der Waals surface area contributed by atoms with Gasteiger partial charge in [0.15, 0.2) is 6.61 Å². The highest BCUT2D eigenvalue weighted by molar-refractivity contribution is 7.90. The van der Waals surface area contributed by atoms with Crippen LogP contribution in [0.5, 0.6) is 0 Å². The predicted molar refractivity (Wildman–Crippen MR) is 95.5 cm³/mol. The van der Waals surface area contributed by atoms with Crippen molar-refractivity contribution in [2.45, 2.75) is 63.9 Å². The van der Waals surface area contributed by atoms with Crippen LogP contribution in [0.1, 0.15) is 52.4 Å². The molecule has 0 radical (unpaired) electrons. The Morgan fingerprint density at radius 1 is 1.14 bits per heavy atom. The smallest absolute Gasteiger partial charge is 0.421 e. The lowest BCUT2D eigenvalue weighted by Crippen LogP contribution is -2.60. The molecule has 0 aliphatic heterocycles. The van der Waals surface area contributed by atoms with Gasteiger partial charge in [0.05, 0.1) is 5.41 Å². The van der Waals surface area contributed by atoms with Crippen LogP contribution in [0, 0.1) is 17.3 Å². The van der Waals surface area contributed by atoms with E-state index in [-0.39, 0.29) is 18.3 Å². The Morgan fingerprint density at radius 2 is 1.72 bits per heavy atom. The lowest BCUT2D eigenvalue weighted by Gasteiger charge is -2.59. The highest BCUT2D eigenvalue weighted by Crippen LogP contribution is 2.63. The van der Waals surface area contributed by atoms with Gasteiger partial charge in [-0.25, -0.2) is 26.7 Å². The van der Waals surface area contributed by atoms with E-state index in [1.54, 1.807) is 4.72 Å². The molecule has 4 saturated carbocycles. The van der Waals surface area contributed by atoms with Gasteiger partial charge in [-0.15, -0.1) is 0 Å². The summed E-state index contributed by atoms with van der Waals surface area (Å²) in [6.07, 6.45) is 1.66. The highest BCUT2D eigenvalue weighted by Gasteiger charge is 2.63. The average Bonchev–Trinajstić information content (AvgIpc) is 2.47. The maximum Gasteiger partial charge on any atom is 0.421 e. The molecule has 4 bridgehead atoms. The number of carbonyl (C=O) groups is 3. The van der Waals surface area contributed by atoms with Crippen molar-refractivity contribution >= 4 is 27.9 Å². The van der Waals surface area contributed by atoms with Gasteiger partial charge in [-0.2, -0.15) is 0 Å². The van der Waals surface area contributed by atoms with Gasteiger partial charge in [0.25, 0.3) is 5.92 Å². The number of sulfonamides is 1. The molecule has 4 aliphatic carbocycles. The van der Waals surface area contributed by atoms with E-state index in [1.807, 2.05) is 0 Å². The average molecular weight is 437 g/mol. The van der Waals surface area contributed by atoms with Gasteiger partial charge in [0, 0.05) is 13.3 Å². The fraction of sp³-hybridized carbons (Fsp3) is 0.833. The second-order valence-electron chi connectivity index (χ2n) is 9.02. The number of hydrogen-bond donors (Lipinski definition) is 1. The Balaban J connectivity index is 1.72. The summed E-state index contributed by atoms with van der Waals surface area (Å²) >= 11 is 0. The van der Waals surface area contributed by atoms with Crippen molar-refractivity contribution in [2.75, 3.05) is 12.4 Å². The van der Waals surface area contributed by atoms with Crippen LogP contribution in [0.25, 0.3) is 0 Å². The van der Waals surface area contributed by atoms with Crippen molar-refractivity contribution in [2.24, 2.45) is 17.3 Å². The van der Waals surface area contributed by atoms with Crippen LogP contribution in [0.15, 0.2) is 0 Å². The SMILES string of the molecule is CC(=O)CS(=O)(=O)NC(=O)OC12CC3CC(C1)CC(C(=O)OCC(C)(F)F)(C3)C2. The summed E-state index contributed by atoms with van der Waals surface area (Å²) in [7, 11) is -4.17. The van der Waals surface area contributed by atoms with E-state index < -0.39 is 57.2 Å². The fourth-order valence-corrected chi connectivity index (χ4v) is 6.43. The standard InChI is InChI=1S/C18H25F2NO7S/c1-11(22)8-29(25,26)21-15(24)28-18-6-12-3-13(7-18)5-17(4-12,9-18)14(23)27-10-16(2,19)20/h12-13H,3-10H2,1-2H3,(H,21,24). The summed E-state index contributed by atoms with van der Waals surface area (Å²) in [6, 6.07) is 0. The fourth-order valence-electron chi connectivity index (χ4n) is 5.53. The molecule has 11 heteroatoms. The van der Waals surface area contributed by atoms with Gasteiger partial charge in [-0.1, -0.05) is 0 Å². The number of ketones is 1. The minimum atomic E-state index is -4.17. The Hall–Kier alpha value is -1.78. The van der Waals surface area contributed by atoms with Gasteiger partial charge in [-0.05, 0) is 50.9 Å². The molecule has 4 aliphatic rings. The third-order valence-electron chi connectivity index (χ3n) is 5.84. The van der Waals surface area contributed by atoms with Gasteiger partial charge in [0.2, 0.25) is 10.0 Å². The number of alkyl halides is 2. The molecule has 164 valence electrons. The van der Waals surface area contributed by atoms with Crippen molar-refractivity contribution in [1.82, 2.24) is 4.72 Å². The van der Waals surface area contributed by atoms with E-state index in [4.69, 9.17) is 9.47 Å². The summed E-state index contributed by atoms with van der Waals surface area (Å²) in [4.78, 5) is 35.9. The number of rotatable bonds is 7. The van der Waals surface area contributed by atoms with Crippen LogP contribution in [0.4, 0.5) is 13.6 Å². The van der Waals surface area contributed by atoms with E-state index >= 15 is 0 Å². The van der Waals surface area contributed by atoms with E-state index in [1.165, 1.54) is 0 Å². The maximum atomic E-state index is 13.1. The van der Waals surface area contributed by atoms with E-state index in [0.29, 0.717) is 32.6 Å². The summed E-state index contributed by atoms with van der Waals surface area (Å²) in [5.74, 6) is -5.21. The summed E-state index contributed by atoms with van der Waals surface area (Å²) in [5, 5.41) is 0. The van der Waals surface area contributed by atoms with Crippen molar-refractivity contribution in [1.29, 1.82) is 0 Å². The molecule has 29 heavy (non-hydrogen) atoms. The van der Waals surface area contributed by atoms with E-state index in [2.05, 4.69) is 0 Å². The number of nitrogens with one attached hydrogen (secondary N) is 1. The molecule has 4 rings (SSSR count). The lowest BCUT2D eigenvalue weighted by molar-refractivity contribution is -0.201. The first-order valence-electron chi connectivity index (χ1n) is 9.50. The van der Waals surface area contributed by atoms with Crippen LogP contribution < -0.4 is 4.72 Å². The van der Waals surface area contributed by atoms with Crippen LogP contribution in [-0.2, 0) is 29.1 Å². The topological polar surface area (TPSA) is 116 Å². The predicted octanol–water partition coefficient (Wildman–Crippen LogP) is 2.17. The van der Waals surface area contributed by atoms with Crippen LogP contribution >= 0.6 is 0 Å². The van der Waals surface area contributed by atoms with Gasteiger partial charge >= 0.3 is 12.1 Å². The maximum absolute atomic E-state index is 13.1. The normalized spacial score (nSPS) is 33.2. The first-order valence-corrected chi connectivity index (χ1v) is 11.1. The quantitative estimate of drug-likeness (QED) is 0.607. The molecule has 1 N–H and O–H groups in total. The molecular weight excluding hydrogens is 412 g/mol. The minimum Gasteiger partial charge on any atom is -0.459 e. The number of hydrogen-bond acceptors (Lipinski definition) is 7. The molecule has 0 aromatic carbocycles. The molecule has 2 unspecified atom stereocenters. The van der Waals surface area contributed by atoms with Crippen LogP contribution in [0.3, 0.4) is 0 Å². The molecule has 2 atom stereocenters. The van der Waals surface area contributed by atoms with Crippen molar-refractivity contribution in [3.63, 3.8) is 0 Å². The van der Waals surface area contributed by atoms with E-state index in [0.717, 1.165) is 13.3 Å². The van der Waals surface area contributed by atoms with Crippen LogP contribution in [0.2, 0.25) is 0 Å². The molecular formula is C18H25F2NO7S. The minimum absolute atomic E-state index is 0.0626. The molecule has 8 nitrogen and oxygen atoms in total. The van der Waals surface area contributed by atoms with E-state index in [9.17, 15) is 31.6 Å². The molecule has 1 amide bonds. The molecule has 0 saturated heterocycles. The second kappa shape index (κ2) is 7.17. The Morgan fingerprint density at radius 3 is 2.24 bits per heavy atom. The molecule has 0 aromatic heterocycles. The molecule has 0 spiro atoms. The second-order valence-corrected chi connectivity index (χ2v) is 10.7. The van der Waals surface area contributed by atoms with Crippen molar-refractivity contribution in [3.8, 4) is 0 Å². The number of carbonyl (C=O) groups excluding carboxylic acids is 3. The van der Waals surface area contributed by atoms with Gasteiger partial charge in [-0.3, -0.25) is 9.59 Å². The number of Topliss-reactive ketones (excluding diaryl/α,β-unsaturated/α-hetero) is 1. The van der Waals surface area contributed by atoms with Crippen molar-refractivity contribution < 1.29 is 41.1 Å². The highest BCUT2D eigenvalue weighted by atomic mass is 32.2. The third kappa shape index (κ3) is 5.04. The number of ether oxygens (including phenoxy) is 2. The van der Waals surface area contributed by atoms with Gasteiger partial charge < -0.3 is 9.47 Å². The third-order valence-corrected chi connectivity index (χ3v) is 7.10. The summed E-state index contributed by atoms with van der Waals surface area (Å²) < 4.78 is 62.0. The largest absolute Gasteiger partial charge is 0.459 e. The zero-order valence-corrected chi connectivity index (χ0v) is 17.1. The van der Waals surface area contributed by atoms with Gasteiger partial charge in [0.1, 0.15) is 17.1 Å². The first-order chi connectivity index (χ1) is 13.2. The number of amides is 1. The Bertz CT molecular complexity index is 807. The number of esters is 1. The number of halogens is 2. The molecule has 0 heterocycles.